The van der Waals surface area contributed by atoms with E-state index in [1.165, 1.54) is 56.1 Å². The molecule has 0 amide bonds. The molecule has 2 heterocycles. The van der Waals surface area contributed by atoms with E-state index in [9.17, 15) is 0 Å². The Bertz CT molecular complexity index is 358. The fourth-order valence-corrected chi connectivity index (χ4v) is 3.55. The van der Waals surface area contributed by atoms with Crippen LogP contribution in [-0.4, -0.2) is 36.1 Å². The summed E-state index contributed by atoms with van der Waals surface area (Å²) < 4.78 is 0. The van der Waals surface area contributed by atoms with Gasteiger partial charge in [-0.15, -0.1) is 11.3 Å². The van der Waals surface area contributed by atoms with Crippen LogP contribution in [0.4, 0.5) is 0 Å². The molecule has 1 aromatic rings. The number of nitrogens with zero attached hydrogens (tertiary/aromatic N) is 2. The van der Waals surface area contributed by atoms with Crippen LogP contribution in [0.1, 0.15) is 43.8 Å². The summed E-state index contributed by atoms with van der Waals surface area (Å²) in [6, 6.07) is 0. The van der Waals surface area contributed by atoms with Gasteiger partial charge in [-0.3, -0.25) is 4.90 Å². The summed E-state index contributed by atoms with van der Waals surface area (Å²) in [5.41, 5.74) is 1.26. The van der Waals surface area contributed by atoms with Crippen LogP contribution in [0.5, 0.6) is 0 Å². The van der Waals surface area contributed by atoms with Gasteiger partial charge in [0.15, 0.2) is 0 Å². The van der Waals surface area contributed by atoms with Gasteiger partial charge in [0.2, 0.25) is 0 Å². The Balaban J connectivity index is 1.87. The number of hydrogen-bond acceptors (Lipinski definition) is 4. The molecule has 19 heavy (non-hydrogen) atoms. The molecule has 2 rings (SSSR count). The molecular weight excluding hydrogens is 254 g/mol. The lowest BCUT2D eigenvalue weighted by atomic mass is 9.99. The zero-order chi connectivity index (χ0) is 13.5. The number of rotatable bonds is 7. The second-order valence-electron chi connectivity index (χ2n) is 5.53. The first-order chi connectivity index (χ1) is 9.31. The highest BCUT2D eigenvalue weighted by Crippen LogP contribution is 2.16. The molecule has 1 saturated heterocycles. The summed E-state index contributed by atoms with van der Waals surface area (Å²) in [6.45, 7) is 10.3. The maximum Gasteiger partial charge on any atom is 0.0926 e. The molecule has 0 bridgehead atoms. The SMILES string of the molecule is CCCN(Cc1csc(CC)n1)CC1CCCNC1. The van der Waals surface area contributed by atoms with Crippen LogP contribution < -0.4 is 5.32 Å². The highest BCUT2D eigenvalue weighted by molar-refractivity contribution is 7.09. The molecule has 1 aliphatic rings. The van der Waals surface area contributed by atoms with Crippen LogP contribution in [0, 0.1) is 5.92 Å². The average Bonchev–Trinajstić information content (AvgIpc) is 2.88. The second-order valence-corrected chi connectivity index (χ2v) is 6.48. The van der Waals surface area contributed by atoms with Gasteiger partial charge in [-0.25, -0.2) is 4.98 Å². The quantitative estimate of drug-likeness (QED) is 0.833. The predicted molar refractivity (Wildman–Crippen MR) is 82.7 cm³/mol. The fourth-order valence-electron chi connectivity index (χ4n) is 2.81. The van der Waals surface area contributed by atoms with Gasteiger partial charge >= 0.3 is 0 Å². The smallest absolute Gasteiger partial charge is 0.0926 e. The summed E-state index contributed by atoms with van der Waals surface area (Å²) in [5, 5.41) is 7.03. The van der Waals surface area contributed by atoms with Crippen LogP contribution >= 0.6 is 11.3 Å². The van der Waals surface area contributed by atoms with E-state index in [0.29, 0.717) is 0 Å². The molecule has 0 aliphatic carbocycles. The van der Waals surface area contributed by atoms with Crippen molar-refractivity contribution in [3.63, 3.8) is 0 Å². The molecule has 1 atom stereocenters. The standard InChI is InChI=1S/C15H27N3S/c1-3-8-18(10-13-6-5-7-16-9-13)11-14-12-19-15(4-2)17-14/h12-13,16H,3-11H2,1-2H3. The lowest BCUT2D eigenvalue weighted by Gasteiger charge is -2.29. The highest BCUT2D eigenvalue weighted by Gasteiger charge is 2.17. The van der Waals surface area contributed by atoms with E-state index in [-0.39, 0.29) is 0 Å². The molecule has 4 heteroatoms. The number of aryl methyl sites for hydroxylation is 1. The molecule has 1 N–H and O–H groups in total. The maximum absolute atomic E-state index is 4.71. The predicted octanol–water partition coefficient (Wildman–Crippen LogP) is 2.92. The van der Waals surface area contributed by atoms with Gasteiger partial charge in [-0.1, -0.05) is 13.8 Å². The van der Waals surface area contributed by atoms with Gasteiger partial charge < -0.3 is 5.32 Å². The van der Waals surface area contributed by atoms with Gasteiger partial charge in [-0.2, -0.15) is 0 Å². The maximum atomic E-state index is 4.71. The summed E-state index contributed by atoms with van der Waals surface area (Å²) in [7, 11) is 0. The Morgan fingerprint density at radius 3 is 3.00 bits per heavy atom. The van der Waals surface area contributed by atoms with Crippen LogP contribution in [-0.2, 0) is 13.0 Å². The third-order valence-electron chi connectivity index (χ3n) is 3.74. The van der Waals surface area contributed by atoms with Crippen LogP contribution in [0.3, 0.4) is 0 Å². The van der Waals surface area contributed by atoms with Crippen LogP contribution in [0.2, 0.25) is 0 Å². The van der Waals surface area contributed by atoms with E-state index < -0.39 is 0 Å². The molecule has 1 unspecified atom stereocenters. The van der Waals surface area contributed by atoms with Crippen molar-refractivity contribution in [2.45, 2.75) is 46.1 Å². The molecule has 1 fully saturated rings. The number of nitrogens with one attached hydrogen (secondary N) is 1. The summed E-state index contributed by atoms with van der Waals surface area (Å²) in [4.78, 5) is 7.29. The minimum atomic E-state index is 0.824. The van der Waals surface area contributed by atoms with Crippen molar-refractivity contribution < 1.29 is 0 Å². The second kappa shape index (κ2) is 7.98. The summed E-state index contributed by atoms with van der Waals surface area (Å²) in [5.74, 6) is 0.824. The molecule has 1 aromatic heterocycles. The third kappa shape index (κ3) is 4.86. The van der Waals surface area contributed by atoms with Gasteiger partial charge in [0, 0.05) is 18.5 Å². The fraction of sp³-hybridized carbons (Fsp3) is 0.800. The average molecular weight is 281 g/mol. The van der Waals surface area contributed by atoms with Gasteiger partial charge in [0.25, 0.3) is 0 Å². The first-order valence-electron chi connectivity index (χ1n) is 7.68. The normalized spacial score (nSPS) is 20.1. The highest BCUT2D eigenvalue weighted by atomic mass is 32.1. The van der Waals surface area contributed by atoms with Crippen molar-refractivity contribution in [2.24, 2.45) is 5.92 Å². The van der Waals surface area contributed by atoms with Crippen molar-refractivity contribution in [1.29, 1.82) is 0 Å². The zero-order valence-corrected chi connectivity index (χ0v) is 13.1. The van der Waals surface area contributed by atoms with E-state index in [1.54, 1.807) is 11.3 Å². The molecule has 1 aliphatic heterocycles. The molecular formula is C15H27N3S. The van der Waals surface area contributed by atoms with Gasteiger partial charge in [0.1, 0.15) is 0 Å². The Kier molecular flexibility index (Phi) is 6.28. The number of piperidine rings is 1. The van der Waals surface area contributed by atoms with Crippen molar-refractivity contribution in [3.05, 3.63) is 16.1 Å². The largest absolute Gasteiger partial charge is 0.316 e. The summed E-state index contributed by atoms with van der Waals surface area (Å²) in [6.07, 6.45) is 5.00. The first kappa shape index (κ1) is 14.9. The van der Waals surface area contributed by atoms with Crippen molar-refractivity contribution >= 4 is 11.3 Å². The number of thiazole rings is 1. The topological polar surface area (TPSA) is 28.2 Å². The third-order valence-corrected chi connectivity index (χ3v) is 4.78. The first-order valence-corrected chi connectivity index (χ1v) is 8.56. The van der Waals surface area contributed by atoms with Gasteiger partial charge in [-0.05, 0) is 51.2 Å². The summed E-state index contributed by atoms with van der Waals surface area (Å²) >= 11 is 1.81. The van der Waals surface area contributed by atoms with E-state index in [4.69, 9.17) is 4.98 Å². The number of hydrogen-bond donors (Lipinski definition) is 1. The van der Waals surface area contributed by atoms with E-state index in [0.717, 1.165) is 18.9 Å². The molecule has 108 valence electrons. The Morgan fingerprint density at radius 1 is 1.47 bits per heavy atom. The van der Waals surface area contributed by atoms with Crippen molar-refractivity contribution in [3.8, 4) is 0 Å². The van der Waals surface area contributed by atoms with Crippen LogP contribution in [0.25, 0.3) is 0 Å². The molecule has 0 radical (unpaired) electrons. The van der Waals surface area contributed by atoms with E-state index >= 15 is 0 Å². The van der Waals surface area contributed by atoms with E-state index in [1.807, 2.05) is 0 Å². The molecule has 0 spiro atoms. The Labute approximate surface area is 121 Å². The van der Waals surface area contributed by atoms with Crippen molar-refractivity contribution in [2.75, 3.05) is 26.2 Å². The van der Waals surface area contributed by atoms with Gasteiger partial charge in [0.05, 0.1) is 10.7 Å². The number of aromatic nitrogens is 1. The molecule has 0 saturated carbocycles. The molecule has 0 aromatic carbocycles. The van der Waals surface area contributed by atoms with Crippen molar-refractivity contribution in [1.82, 2.24) is 15.2 Å². The Morgan fingerprint density at radius 2 is 2.37 bits per heavy atom. The lowest BCUT2D eigenvalue weighted by molar-refractivity contribution is 0.199. The lowest BCUT2D eigenvalue weighted by Crippen LogP contribution is -2.38. The van der Waals surface area contributed by atoms with Crippen LogP contribution in [0.15, 0.2) is 5.38 Å². The minimum absolute atomic E-state index is 0.824. The Hall–Kier alpha value is -0.450. The zero-order valence-electron chi connectivity index (χ0n) is 12.3. The minimum Gasteiger partial charge on any atom is -0.316 e. The van der Waals surface area contributed by atoms with E-state index in [2.05, 4.69) is 29.4 Å². The molecule has 3 nitrogen and oxygen atoms in total. The monoisotopic (exact) mass is 281 g/mol.